The highest BCUT2D eigenvalue weighted by atomic mass is 16.6. The summed E-state index contributed by atoms with van der Waals surface area (Å²) < 4.78 is 22.9. The molecule has 31 heavy (non-hydrogen) atoms. The van der Waals surface area contributed by atoms with Crippen molar-refractivity contribution in [3.8, 4) is 11.5 Å². The molecular weight excluding hydrogens is 388 g/mol. The van der Waals surface area contributed by atoms with Crippen molar-refractivity contribution in [3.63, 3.8) is 0 Å². The maximum absolute atomic E-state index is 6.31. The molecule has 4 nitrogen and oxygen atoms in total. The van der Waals surface area contributed by atoms with Crippen LogP contribution in [0.15, 0.2) is 24.3 Å². The first-order valence-electron chi connectivity index (χ1n) is 11.1. The first-order valence-corrected chi connectivity index (χ1v) is 11.1. The molecule has 166 valence electrons. The summed E-state index contributed by atoms with van der Waals surface area (Å²) in [5.41, 5.74) is 6.99. The minimum atomic E-state index is -0.00648. The molecule has 2 unspecified atom stereocenters. The molecular formula is C27H34O4. The van der Waals surface area contributed by atoms with Crippen LogP contribution in [0.2, 0.25) is 0 Å². The monoisotopic (exact) mass is 422 g/mol. The molecule has 0 bridgehead atoms. The lowest BCUT2D eigenvalue weighted by Gasteiger charge is -2.25. The summed E-state index contributed by atoms with van der Waals surface area (Å²) in [6.07, 6.45) is 4.84. The van der Waals surface area contributed by atoms with Crippen LogP contribution >= 0.6 is 0 Å². The second kappa shape index (κ2) is 8.68. The molecule has 2 saturated heterocycles. The molecule has 0 saturated carbocycles. The van der Waals surface area contributed by atoms with Gasteiger partial charge in [-0.25, -0.2) is 0 Å². The van der Waals surface area contributed by atoms with Crippen LogP contribution in [0.1, 0.15) is 54.2 Å². The van der Waals surface area contributed by atoms with Crippen molar-refractivity contribution in [2.24, 2.45) is 0 Å². The molecule has 0 amide bonds. The van der Waals surface area contributed by atoms with Crippen molar-refractivity contribution in [2.45, 2.75) is 59.2 Å². The van der Waals surface area contributed by atoms with Crippen molar-refractivity contribution in [1.82, 2.24) is 0 Å². The van der Waals surface area contributed by atoms with Gasteiger partial charge in [0.25, 0.3) is 0 Å². The second-order valence-corrected chi connectivity index (χ2v) is 9.77. The fourth-order valence-corrected chi connectivity index (χ4v) is 3.82. The van der Waals surface area contributed by atoms with Gasteiger partial charge in [-0.1, -0.05) is 45.1 Å². The van der Waals surface area contributed by atoms with Crippen LogP contribution in [0, 0.1) is 20.8 Å². The summed E-state index contributed by atoms with van der Waals surface area (Å²) in [6.45, 7) is 15.8. The number of aryl methyl sites for hydroxylation is 3. The van der Waals surface area contributed by atoms with E-state index in [-0.39, 0.29) is 17.6 Å². The van der Waals surface area contributed by atoms with E-state index in [1.807, 2.05) is 0 Å². The van der Waals surface area contributed by atoms with Crippen LogP contribution < -0.4 is 9.47 Å². The summed E-state index contributed by atoms with van der Waals surface area (Å²) in [4.78, 5) is 0. The molecule has 0 aliphatic carbocycles. The van der Waals surface area contributed by atoms with Crippen LogP contribution in [0.25, 0.3) is 12.2 Å². The molecule has 4 heteroatoms. The predicted molar refractivity (Wildman–Crippen MR) is 125 cm³/mol. The fraction of sp³-hybridized carbons (Fsp3) is 0.481. The summed E-state index contributed by atoms with van der Waals surface area (Å²) >= 11 is 0. The van der Waals surface area contributed by atoms with Gasteiger partial charge in [0.1, 0.15) is 36.9 Å². The number of ether oxygens (including phenoxy) is 4. The molecule has 4 rings (SSSR count). The Bertz CT molecular complexity index is 952. The number of hydrogen-bond acceptors (Lipinski definition) is 4. The van der Waals surface area contributed by atoms with E-state index in [0.717, 1.165) is 47.0 Å². The topological polar surface area (TPSA) is 43.5 Å². The van der Waals surface area contributed by atoms with Crippen molar-refractivity contribution in [1.29, 1.82) is 0 Å². The normalized spacial score (nSPS) is 20.2. The van der Waals surface area contributed by atoms with Gasteiger partial charge in [-0.15, -0.1) is 0 Å². The van der Waals surface area contributed by atoms with Crippen LogP contribution in [0.5, 0.6) is 11.5 Å². The van der Waals surface area contributed by atoms with Crippen molar-refractivity contribution < 1.29 is 18.9 Å². The van der Waals surface area contributed by atoms with Gasteiger partial charge in [-0.05, 0) is 60.6 Å². The smallest absolute Gasteiger partial charge is 0.130 e. The van der Waals surface area contributed by atoms with Gasteiger partial charge in [0.05, 0.1) is 13.2 Å². The number of benzene rings is 2. The minimum absolute atomic E-state index is 0.00648. The fourth-order valence-electron chi connectivity index (χ4n) is 3.82. The summed E-state index contributed by atoms with van der Waals surface area (Å²) in [5.74, 6) is 1.93. The van der Waals surface area contributed by atoms with Gasteiger partial charge in [0.15, 0.2) is 0 Å². The highest BCUT2D eigenvalue weighted by molar-refractivity contribution is 5.76. The van der Waals surface area contributed by atoms with Crippen molar-refractivity contribution >= 4 is 12.2 Å². The predicted octanol–water partition coefficient (Wildman–Crippen LogP) is 5.63. The second-order valence-electron chi connectivity index (χ2n) is 9.77. The number of rotatable bonds is 8. The van der Waals surface area contributed by atoms with Crippen LogP contribution in [0.4, 0.5) is 0 Å². The molecule has 2 aromatic rings. The molecule has 2 aliphatic heterocycles. The maximum atomic E-state index is 6.31. The van der Waals surface area contributed by atoms with Gasteiger partial charge in [-0.3, -0.25) is 0 Å². The third-order valence-corrected chi connectivity index (χ3v) is 5.78. The Morgan fingerprint density at radius 1 is 0.839 bits per heavy atom. The number of epoxide rings is 2. The van der Waals surface area contributed by atoms with Crippen molar-refractivity contribution in [3.05, 3.63) is 57.6 Å². The quantitative estimate of drug-likeness (QED) is 0.408. The molecule has 0 N–H and O–H groups in total. The average molecular weight is 423 g/mol. The summed E-state index contributed by atoms with van der Waals surface area (Å²) in [6, 6.07) is 8.73. The van der Waals surface area contributed by atoms with Crippen LogP contribution in [-0.2, 0) is 14.9 Å². The molecule has 2 aromatic carbocycles. The highest BCUT2D eigenvalue weighted by Gasteiger charge is 2.27. The first kappa shape index (κ1) is 21.9. The molecule has 2 fully saturated rings. The minimum Gasteiger partial charge on any atom is -0.490 e. The Morgan fingerprint density at radius 2 is 1.39 bits per heavy atom. The Labute approximate surface area is 186 Å². The zero-order valence-electron chi connectivity index (χ0n) is 19.6. The maximum Gasteiger partial charge on any atom is 0.130 e. The summed E-state index contributed by atoms with van der Waals surface area (Å²) in [5, 5.41) is 0. The van der Waals surface area contributed by atoms with Crippen LogP contribution in [0.3, 0.4) is 0 Å². The Hall–Kier alpha value is -2.30. The van der Waals surface area contributed by atoms with Gasteiger partial charge in [0.2, 0.25) is 0 Å². The van der Waals surface area contributed by atoms with Crippen molar-refractivity contribution in [2.75, 3.05) is 26.4 Å². The lowest BCUT2D eigenvalue weighted by atomic mass is 9.84. The SMILES string of the molecule is Cc1ccc(C(C)(C)C)c(OCC2CO2)c1C=Cc1cc(C)c(OCC2CO2)c(C)c1. The molecule has 2 atom stereocenters. The van der Waals surface area contributed by atoms with Gasteiger partial charge in [-0.2, -0.15) is 0 Å². The van der Waals surface area contributed by atoms with E-state index in [9.17, 15) is 0 Å². The zero-order valence-corrected chi connectivity index (χ0v) is 19.6. The van der Waals surface area contributed by atoms with E-state index in [1.165, 1.54) is 11.1 Å². The lowest BCUT2D eigenvalue weighted by Crippen LogP contribution is -2.16. The average Bonchev–Trinajstić information content (AvgIpc) is 3.59. The van der Waals surface area contributed by atoms with E-state index in [0.29, 0.717) is 13.2 Å². The van der Waals surface area contributed by atoms with Gasteiger partial charge in [0, 0.05) is 11.1 Å². The Balaban J connectivity index is 1.62. The standard InChI is InChI=1S/C27H34O4/c1-17-7-10-24(27(4,5)6)26(31-16-22-14-29-22)23(17)9-8-20-11-18(2)25(19(3)12-20)30-15-21-13-28-21/h7-12,21-22H,13-16H2,1-6H3. The first-order chi connectivity index (χ1) is 14.7. The summed E-state index contributed by atoms with van der Waals surface area (Å²) in [7, 11) is 0. The third kappa shape index (κ3) is 5.50. The van der Waals surface area contributed by atoms with E-state index >= 15 is 0 Å². The highest BCUT2D eigenvalue weighted by Crippen LogP contribution is 2.37. The van der Waals surface area contributed by atoms with E-state index in [1.54, 1.807) is 0 Å². The molecule has 2 heterocycles. The molecule has 0 spiro atoms. The van der Waals surface area contributed by atoms with E-state index in [2.05, 4.69) is 78.0 Å². The van der Waals surface area contributed by atoms with E-state index in [4.69, 9.17) is 18.9 Å². The molecule has 2 aliphatic rings. The third-order valence-electron chi connectivity index (χ3n) is 5.78. The Kier molecular flexibility index (Phi) is 6.14. The molecule has 0 aromatic heterocycles. The zero-order chi connectivity index (χ0) is 22.2. The lowest BCUT2D eigenvalue weighted by molar-refractivity contribution is 0.257. The van der Waals surface area contributed by atoms with Gasteiger partial charge >= 0.3 is 0 Å². The largest absolute Gasteiger partial charge is 0.490 e. The van der Waals surface area contributed by atoms with Gasteiger partial charge < -0.3 is 18.9 Å². The van der Waals surface area contributed by atoms with E-state index < -0.39 is 0 Å². The van der Waals surface area contributed by atoms with Crippen LogP contribution in [-0.4, -0.2) is 38.6 Å². The Morgan fingerprint density at radius 3 is 1.90 bits per heavy atom. The molecule has 0 radical (unpaired) electrons. The number of hydrogen-bond donors (Lipinski definition) is 0.